The highest BCUT2D eigenvalue weighted by Crippen LogP contribution is 2.18. The van der Waals surface area contributed by atoms with Crippen LogP contribution in [0.2, 0.25) is 0 Å². The molecule has 2 aliphatic rings. The van der Waals surface area contributed by atoms with Crippen LogP contribution in [-0.2, 0) is 0 Å². The summed E-state index contributed by atoms with van der Waals surface area (Å²) in [6, 6.07) is 0. The van der Waals surface area contributed by atoms with Gasteiger partial charge in [-0.1, -0.05) is 0 Å². The largest absolute Gasteiger partial charge is 0.355 e. The van der Waals surface area contributed by atoms with E-state index in [0.717, 1.165) is 45.2 Å². The molecule has 1 N–H and O–H groups in total. The maximum absolute atomic E-state index is 4.54. The Kier molecular flexibility index (Phi) is 4.68. The summed E-state index contributed by atoms with van der Waals surface area (Å²) in [4.78, 5) is 11.8. The summed E-state index contributed by atoms with van der Waals surface area (Å²) >= 11 is 0. The van der Waals surface area contributed by atoms with E-state index in [1.807, 2.05) is 0 Å². The van der Waals surface area contributed by atoms with Gasteiger partial charge in [-0.05, 0) is 27.3 Å². The average molecular weight is 267 g/mol. The minimum Gasteiger partial charge on any atom is -0.355 e. The summed E-state index contributed by atoms with van der Waals surface area (Å²) < 4.78 is 0. The molecule has 0 saturated carbocycles. The normalized spacial score (nSPS) is 25.3. The Morgan fingerprint density at radius 3 is 2.68 bits per heavy atom. The molecule has 0 aromatic rings. The number of hydrogen-bond acceptors (Lipinski definition) is 5. The lowest BCUT2D eigenvalue weighted by atomic mass is 10.00. The van der Waals surface area contributed by atoms with Crippen LogP contribution in [0.4, 0.5) is 0 Å². The van der Waals surface area contributed by atoms with Crippen molar-refractivity contribution < 1.29 is 0 Å². The third-order valence-corrected chi connectivity index (χ3v) is 4.38. The fourth-order valence-electron chi connectivity index (χ4n) is 2.77. The van der Waals surface area contributed by atoms with E-state index in [4.69, 9.17) is 0 Å². The van der Waals surface area contributed by atoms with Gasteiger partial charge in [-0.3, -0.25) is 14.8 Å². The van der Waals surface area contributed by atoms with Crippen LogP contribution in [0, 0.1) is 0 Å². The molecular weight excluding hydrogens is 238 g/mol. The molecular formula is C14H29N5. The molecule has 19 heavy (non-hydrogen) atoms. The fraction of sp³-hybridized carbons (Fsp3) is 0.929. The molecule has 5 heteroatoms. The molecule has 2 heterocycles. The smallest absolute Gasteiger partial charge is 0.193 e. The predicted octanol–water partition coefficient (Wildman–Crippen LogP) is 0.294. The highest BCUT2D eigenvalue weighted by Gasteiger charge is 2.30. The summed E-state index contributed by atoms with van der Waals surface area (Å²) in [5.74, 6) is 1.07. The first-order valence-electron chi connectivity index (χ1n) is 7.42. The standard InChI is InChI=1S/C14H29N5/c1-14(2)12-19(11-10-18(14)4)9-7-16-13-15-6-5-8-17(13)3/h5-12H2,1-4H3,(H,15,16). The van der Waals surface area contributed by atoms with Crippen molar-refractivity contribution in [1.82, 2.24) is 20.0 Å². The molecule has 2 aliphatic heterocycles. The Morgan fingerprint density at radius 1 is 1.21 bits per heavy atom. The van der Waals surface area contributed by atoms with E-state index in [-0.39, 0.29) is 5.54 Å². The van der Waals surface area contributed by atoms with Crippen molar-refractivity contribution in [2.75, 3.05) is 59.9 Å². The van der Waals surface area contributed by atoms with Crippen LogP contribution < -0.4 is 5.32 Å². The van der Waals surface area contributed by atoms with Crippen LogP contribution in [0.3, 0.4) is 0 Å². The quantitative estimate of drug-likeness (QED) is 0.797. The minimum absolute atomic E-state index is 0.289. The number of likely N-dealkylation sites (N-methyl/N-ethyl adjacent to an activating group) is 1. The van der Waals surface area contributed by atoms with Gasteiger partial charge in [0.15, 0.2) is 5.96 Å². The molecule has 0 radical (unpaired) electrons. The molecule has 0 unspecified atom stereocenters. The third kappa shape index (κ3) is 3.83. The summed E-state index contributed by atoms with van der Waals surface area (Å²) in [5.41, 5.74) is 0.289. The van der Waals surface area contributed by atoms with E-state index >= 15 is 0 Å². The van der Waals surface area contributed by atoms with Crippen LogP contribution in [0.25, 0.3) is 0 Å². The molecule has 0 bridgehead atoms. The fourth-order valence-corrected chi connectivity index (χ4v) is 2.77. The Morgan fingerprint density at radius 2 is 2.00 bits per heavy atom. The molecule has 0 atom stereocenters. The molecule has 0 amide bonds. The van der Waals surface area contributed by atoms with Crippen LogP contribution >= 0.6 is 0 Å². The van der Waals surface area contributed by atoms with Gasteiger partial charge in [0.1, 0.15) is 0 Å². The Hall–Kier alpha value is -0.810. The van der Waals surface area contributed by atoms with Gasteiger partial charge in [0.05, 0.1) is 0 Å². The van der Waals surface area contributed by atoms with E-state index in [1.165, 1.54) is 13.0 Å². The maximum atomic E-state index is 4.54. The Balaban J connectivity index is 1.73. The molecule has 0 spiro atoms. The van der Waals surface area contributed by atoms with Gasteiger partial charge >= 0.3 is 0 Å². The minimum atomic E-state index is 0.289. The number of aliphatic imine (C=N–C) groups is 1. The van der Waals surface area contributed by atoms with Gasteiger partial charge in [0.2, 0.25) is 0 Å². The van der Waals surface area contributed by atoms with Crippen molar-refractivity contribution in [2.24, 2.45) is 4.99 Å². The lowest BCUT2D eigenvalue weighted by Gasteiger charge is -2.45. The zero-order valence-electron chi connectivity index (χ0n) is 12.9. The SMILES string of the molecule is CN1CCCN=C1NCCN1CCN(C)C(C)(C)C1. The van der Waals surface area contributed by atoms with Gasteiger partial charge in [-0.25, -0.2) is 0 Å². The molecule has 110 valence electrons. The second-order valence-corrected chi connectivity index (χ2v) is 6.42. The average Bonchev–Trinajstić information content (AvgIpc) is 2.36. The first kappa shape index (κ1) is 14.6. The zero-order chi connectivity index (χ0) is 13.9. The van der Waals surface area contributed by atoms with Crippen molar-refractivity contribution in [3.05, 3.63) is 0 Å². The highest BCUT2D eigenvalue weighted by molar-refractivity contribution is 5.80. The van der Waals surface area contributed by atoms with Crippen molar-refractivity contribution in [3.8, 4) is 0 Å². The number of piperazine rings is 1. The summed E-state index contributed by atoms with van der Waals surface area (Å²) in [7, 11) is 4.34. The lowest BCUT2D eigenvalue weighted by Crippen LogP contribution is -2.58. The van der Waals surface area contributed by atoms with Crippen molar-refractivity contribution in [3.63, 3.8) is 0 Å². The molecule has 5 nitrogen and oxygen atoms in total. The summed E-state index contributed by atoms with van der Waals surface area (Å²) in [5, 5.41) is 3.48. The Labute approximate surface area is 117 Å². The second-order valence-electron chi connectivity index (χ2n) is 6.42. The van der Waals surface area contributed by atoms with Crippen molar-refractivity contribution in [2.45, 2.75) is 25.8 Å². The highest BCUT2D eigenvalue weighted by atomic mass is 15.3. The molecule has 1 fully saturated rings. The molecule has 0 aliphatic carbocycles. The Bertz CT molecular complexity index is 326. The topological polar surface area (TPSA) is 34.1 Å². The molecule has 1 saturated heterocycles. The van der Waals surface area contributed by atoms with E-state index in [0.29, 0.717) is 0 Å². The van der Waals surface area contributed by atoms with Crippen LogP contribution in [0.1, 0.15) is 20.3 Å². The van der Waals surface area contributed by atoms with Gasteiger partial charge in [-0.2, -0.15) is 0 Å². The number of nitrogens with one attached hydrogen (secondary N) is 1. The molecule has 0 aromatic carbocycles. The van der Waals surface area contributed by atoms with Gasteiger partial charge in [-0.15, -0.1) is 0 Å². The first-order valence-corrected chi connectivity index (χ1v) is 7.42. The van der Waals surface area contributed by atoms with Crippen molar-refractivity contribution >= 4 is 5.96 Å². The predicted molar refractivity (Wildman–Crippen MR) is 80.7 cm³/mol. The second kappa shape index (κ2) is 6.09. The maximum Gasteiger partial charge on any atom is 0.193 e. The summed E-state index contributed by atoms with van der Waals surface area (Å²) in [6.45, 7) is 12.3. The number of nitrogens with zero attached hydrogens (tertiary/aromatic N) is 4. The van der Waals surface area contributed by atoms with E-state index in [1.54, 1.807) is 0 Å². The van der Waals surface area contributed by atoms with Gasteiger partial charge < -0.3 is 10.2 Å². The summed E-state index contributed by atoms with van der Waals surface area (Å²) in [6.07, 6.45) is 1.17. The molecule has 2 rings (SSSR count). The third-order valence-electron chi connectivity index (χ3n) is 4.38. The first-order chi connectivity index (χ1) is 8.99. The van der Waals surface area contributed by atoms with E-state index in [9.17, 15) is 0 Å². The van der Waals surface area contributed by atoms with Crippen molar-refractivity contribution in [1.29, 1.82) is 0 Å². The van der Waals surface area contributed by atoms with Crippen LogP contribution in [0.5, 0.6) is 0 Å². The van der Waals surface area contributed by atoms with Gasteiger partial charge in [0.25, 0.3) is 0 Å². The van der Waals surface area contributed by atoms with Gasteiger partial charge in [0, 0.05) is 58.4 Å². The number of guanidine groups is 1. The number of hydrogen-bond donors (Lipinski definition) is 1. The van der Waals surface area contributed by atoms with E-state index < -0.39 is 0 Å². The monoisotopic (exact) mass is 267 g/mol. The zero-order valence-corrected chi connectivity index (χ0v) is 12.9. The lowest BCUT2D eigenvalue weighted by molar-refractivity contribution is 0.0412. The van der Waals surface area contributed by atoms with Crippen LogP contribution in [-0.4, -0.2) is 86.1 Å². The van der Waals surface area contributed by atoms with E-state index in [2.05, 4.69) is 53.0 Å². The molecule has 0 aromatic heterocycles. The number of rotatable bonds is 3. The van der Waals surface area contributed by atoms with Crippen LogP contribution in [0.15, 0.2) is 4.99 Å².